The average Bonchev–Trinajstić information content (AvgIpc) is 3.27. The number of carbonyl (C=O) groups excluding carboxylic acids is 1. The number of rotatable bonds is 8. The van der Waals surface area contributed by atoms with Crippen LogP contribution in [0.1, 0.15) is 43.5 Å². The molecule has 0 unspecified atom stereocenters. The lowest BCUT2D eigenvalue weighted by Crippen LogP contribution is -2.43. The number of benzene rings is 3. The van der Waals surface area contributed by atoms with E-state index in [1.165, 1.54) is 11.3 Å². The number of allylic oxidation sites excluding steroid dienone is 1. The number of hydrogen-bond acceptors (Lipinski definition) is 5. The van der Waals surface area contributed by atoms with E-state index in [0.717, 1.165) is 21.2 Å². The Balaban J connectivity index is 1.53. The Hall–Kier alpha value is -3.17. The maximum atomic E-state index is 14.0. The molecule has 1 aliphatic heterocycles. The first-order valence-corrected chi connectivity index (χ1v) is 15.8. The van der Waals surface area contributed by atoms with Gasteiger partial charge in [-0.3, -0.25) is 14.2 Å². The van der Waals surface area contributed by atoms with Crippen molar-refractivity contribution in [2.24, 2.45) is 4.99 Å². The predicted octanol–water partition coefficient (Wildman–Crippen LogP) is 6.75. The number of amides is 1. The first-order valence-electron chi connectivity index (χ1n) is 13.4. The number of carbonyl (C=O) groups is 1. The molecule has 10 heteroatoms. The van der Waals surface area contributed by atoms with Gasteiger partial charge in [-0.1, -0.05) is 64.9 Å². The molecule has 0 radical (unpaired) electrons. The normalized spacial score (nSPS) is 14.9. The van der Waals surface area contributed by atoms with Crippen LogP contribution in [-0.4, -0.2) is 28.5 Å². The van der Waals surface area contributed by atoms with Crippen molar-refractivity contribution in [3.05, 3.63) is 129 Å². The molecule has 0 spiro atoms. The van der Waals surface area contributed by atoms with Gasteiger partial charge in [0.1, 0.15) is 12.4 Å². The molecular weight excluding hydrogens is 657 g/mol. The van der Waals surface area contributed by atoms with Gasteiger partial charge >= 0.3 is 0 Å². The zero-order chi connectivity index (χ0) is 30.0. The molecule has 1 atom stereocenters. The van der Waals surface area contributed by atoms with E-state index in [0.29, 0.717) is 56.1 Å². The maximum Gasteiger partial charge on any atom is 0.271 e. The van der Waals surface area contributed by atoms with Gasteiger partial charge in [0.25, 0.3) is 11.5 Å². The highest BCUT2D eigenvalue weighted by molar-refractivity contribution is 9.10. The minimum atomic E-state index is -0.621. The van der Waals surface area contributed by atoms with E-state index in [-0.39, 0.29) is 11.5 Å². The van der Waals surface area contributed by atoms with Crippen LogP contribution in [0.5, 0.6) is 5.75 Å². The largest absolute Gasteiger partial charge is 0.488 e. The molecule has 4 aromatic rings. The van der Waals surface area contributed by atoms with Gasteiger partial charge < -0.3 is 9.64 Å². The third-order valence-corrected chi connectivity index (χ3v) is 9.16. The summed E-state index contributed by atoms with van der Waals surface area (Å²) >= 11 is 17.1. The van der Waals surface area contributed by atoms with E-state index < -0.39 is 6.04 Å². The second-order valence-corrected chi connectivity index (χ2v) is 12.5. The standard InChI is InChI=1S/C32H28BrCl2N3O3S/c1-4-37(5-2)31(40)28-19(3)36-32-38(29(28)22-9-13-24(35)14-10-22)30(39)27(42-32)17-21-8-15-26(25(33)16-21)41-18-20-6-11-23(34)12-7-20/h6-17,29H,4-5,18H2,1-3H3/b27-17+/t29-/m0/s1. The summed E-state index contributed by atoms with van der Waals surface area (Å²) in [5.74, 6) is 0.551. The zero-order valence-electron chi connectivity index (χ0n) is 23.2. The van der Waals surface area contributed by atoms with Crippen molar-refractivity contribution < 1.29 is 9.53 Å². The molecule has 6 nitrogen and oxygen atoms in total. The lowest BCUT2D eigenvalue weighted by molar-refractivity contribution is -0.127. The highest BCUT2D eigenvalue weighted by atomic mass is 79.9. The van der Waals surface area contributed by atoms with E-state index in [1.54, 1.807) is 21.6 Å². The summed E-state index contributed by atoms with van der Waals surface area (Å²) in [6, 6.07) is 19.8. The first-order chi connectivity index (χ1) is 20.2. The van der Waals surface area contributed by atoms with Gasteiger partial charge in [-0.2, -0.15) is 0 Å². The number of hydrogen-bond donors (Lipinski definition) is 0. The molecular formula is C32H28BrCl2N3O3S. The predicted molar refractivity (Wildman–Crippen MR) is 173 cm³/mol. The second kappa shape index (κ2) is 13.0. The van der Waals surface area contributed by atoms with Crippen LogP contribution in [0.4, 0.5) is 0 Å². The SMILES string of the molecule is CCN(CC)C(=O)C1=C(C)N=c2s/c(=C/c3ccc(OCc4ccc(Cl)cc4)c(Br)c3)c(=O)n2[C@H]1c1ccc(Cl)cc1. The molecule has 1 aromatic heterocycles. The Kier molecular flexibility index (Phi) is 9.38. The third kappa shape index (κ3) is 6.27. The molecule has 216 valence electrons. The molecule has 0 saturated carbocycles. The van der Waals surface area contributed by atoms with Gasteiger partial charge in [-0.25, -0.2) is 4.99 Å². The summed E-state index contributed by atoms with van der Waals surface area (Å²) in [5.41, 5.74) is 3.50. The molecule has 0 N–H and O–H groups in total. The maximum absolute atomic E-state index is 14.0. The second-order valence-electron chi connectivity index (χ2n) is 9.72. The molecule has 1 amide bonds. The Morgan fingerprint density at radius 2 is 1.69 bits per heavy atom. The fourth-order valence-corrected chi connectivity index (χ4v) is 6.66. The topological polar surface area (TPSA) is 63.9 Å². The van der Waals surface area contributed by atoms with Crippen LogP contribution in [-0.2, 0) is 11.4 Å². The molecule has 0 saturated heterocycles. The fraction of sp³-hybridized carbons (Fsp3) is 0.219. The number of ether oxygens (including phenoxy) is 1. The van der Waals surface area contributed by atoms with Crippen molar-refractivity contribution >= 4 is 62.5 Å². The molecule has 2 heterocycles. The van der Waals surface area contributed by atoms with Crippen LogP contribution >= 0.6 is 50.5 Å². The lowest BCUT2D eigenvalue weighted by Gasteiger charge is -2.29. The highest BCUT2D eigenvalue weighted by Crippen LogP contribution is 2.32. The Bertz CT molecular complexity index is 1840. The summed E-state index contributed by atoms with van der Waals surface area (Å²) in [6.07, 6.45) is 1.84. The Morgan fingerprint density at radius 3 is 2.31 bits per heavy atom. The number of aromatic nitrogens is 1. The van der Waals surface area contributed by atoms with Crippen molar-refractivity contribution in [2.45, 2.75) is 33.4 Å². The molecule has 0 bridgehead atoms. The number of likely N-dealkylation sites (N-methyl/N-ethyl adjacent to an activating group) is 1. The van der Waals surface area contributed by atoms with E-state index in [9.17, 15) is 9.59 Å². The molecule has 1 aliphatic rings. The molecule has 5 rings (SSSR count). The smallest absolute Gasteiger partial charge is 0.271 e. The van der Waals surface area contributed by atoms with E-state index in [4.69, 9.17) is 32.9 Å². The minimum absolute atomic E-state index is 0.131. The minimum Gasteiger partial charge on any atom is -0.488 e. The summed E-state index contributed by atoms with van der Waals surface area (Å²) in [6.45, 7) is 7.21. The van der Waals surface area contributed by atoms with Crippen LogP contribution in [0.15, 0.2) is 92.3 Å². The summed E-state index contributed by atoms with van der Waals surface area (Å²) in [4.78, 5) is 34.7. The van der Waals surface area contributed by atoms with Gasteiger partial charge in [0.05, 0.1) is 26.3 Å². The lowest BCUT2D eigenvalue weighted by atomic mass is 9.94. The number of fused-ring (bicyclic) bond motifs is 1. The van der Waals surface area contributed by atoms with Gasteiger partial charge in [0.2, 0.25) is 0 Å². The number of thiazole rings is 1. The van der Waals surface area contributed by atoms with Gasteiger partial charge in [-0.05, 0) is 95.9 Å². The number of nitrogens with zero attached hydrogens (tertiary/aromatic N) is 3. The van der Waals surface area contributed by atoms with Gasteiger partial charge in [0, 0.05) is 23.1 Å². The van der Waals surface area contributed by atoms with Crippen molar-refractivity contribution in [1.29, 1.82) is 0 Å². The number of halogens is 3. The van der Waals surface area contributed by atoms with Crippen LogP contribution in [0.3, 0.4) is 0 Å². The van der Waals surface area contributed by atoms with Crippen LogP contribution in [0.2, 0.25) is 10.0 Å². The molecule has 0 fully saturated rings. The molecule has 3 aromatic carbocycles. The van der Waals surface area contributed by atoms with Crippen LogP contribution in [0, 0.1) is 0 Å². The fourth-order valence-electron chi connectivity index (χ4n) is 4.85. The highest BCUT2D eigenvalue weighted by Gasteiger charge is 2.34. The third-order valence-electron chi connectivity index (χ3n) is 7.05. The summed E-state index contributed by atoms with van der Waals surface area (Å²) in [5, 5.41) is 1.26. The first kappa shape index (κ1) is 30.3. The van der Waals surface area contributed by atoms with Crippen molar-refractivity contribution in [3.8, 4) is 5.75 Å². The molecule has 0 aliphatic carbocycles. The quantitative estimate of drug-likeness (QED) is 0.206. The van der Waals surface area contributed by atoms with E-state index in [1.807, 2.05) is 81.4 Å². The van der Waals surface area contributed by atoms with Crippen molar-refractivity contribution in [2.75, 3.05) is 13.1 Å². The van der Waals surface area contributed by atoms with Crippen LogP contribution < -0.4 is 19.6 Å². The van der Waals surface area contributed by atoms with Crippen molar-refractivity contribution in [3.63, 3.8) is 0 Å². The van der Waals surface area contributed by atoms with Crippen LogP contribution in [0.25, 0.3) is 6.08 Å². The monoisotopic (exact) mass is 683 g/mol. The van der Waals surface area contributed by atoms with E-state index >= 15 is 0 Å². The average molecular weight is 685 g/mol. The Labute approximate surface area is 266 Å². The van der Waals surface area contributed by atoms with Gasteiger partial charge in [0.15, 0.2) is 4.80 Å². The van der Waals surface area contributed by atoms with E-state index in [2.05, 4.69) is 15.9 Å². The Morgan fingerprint density at radius 1 is 1.05 bits per heavy atom. The zero-order valence-corrected chi connectivity index (χ0v) is 27.1. The van der Waals surface area contributed by atoms with Gasteiger partial charge in [-0.15, -0.1) is 0 Å². The summed E-state index contributed by atoms with van der Waals surface area (Å²) in [7, 11) is 0. The summed E-state index contributed by atoms with van der Waals surface area (Å²) < 4.78 is 8.88. The van der Waals surface area contributed by atoms with Crippen molar-refractivity contribution in [1.82, 2.24) is 9.47 Å². The molecule has 42 heavy (non-hydrogen) atoms.